The van der Waals surface area contributed by atoms with E-state index in [1.807, 2.05) is 0 Å². The molecule has 22 heavy (non-hydrogen) atoms. The van der Waals surface area contributed by atoms with Crippen molar-refractivity contribution in [2.45, 2.75) is 4.90 Å². The molecule has 4 nitrogen and oxygen atoms in total. The van der Waals surface area contributed by atoms with Crippen LogP contribution in [0, 0.1) is 0 Å². The van der Waals surface area contributed by atoms with E-state index >= 15 is 0 Å². The summed E-state index contributed by atoms with van der Waals surface area (Å²) in [5.74, 6) is 0. The summed E-state index contributed by atoms with van der Waals surface area (Å²) in [6, 6.07) is 11.1. The summed E-state index contributed by atoms with van der Waals surface area (Å²) in [6.45, 7) is 3.99. The first-order valence-corrected chi connectivity index (χ1v) is 8.53. The molecule has 0 amide bonds. The van der Waals surface area contributed by atoms with Crippen molar-refractivity contribution in [1.82, 2.24) is 9.29 Å². The molecule has 0 unspecified atom stereocenters. The van der Waals surface area contributed by atoms with Crippen LogP contribution >= 0.6 is 23.2 Å². The highest BCUT2D eigenvalue weighted by molar-refractivity contribution is 7.89. The number of hydrogen-bond donors (Lipinski definition) is 0. The minimum atomic E-state index is -3.62. The molecule has 0 spiro atoms. The van der Waals surface area contributed by atoms with Crippen LogP contribution in [0.3, 0.4) is 0 Å². The van der Waals surface area contributed by atoms with Crippen molar-refractivity contribution in [2.24, 2.45) is 0 Å². The third-order valence-electron chi connectivity index (χ3n) is 3.01. The van der Waals surface area contributed by atoms with E-state index in [0.717, 1.165) is 0 Å². The predicted octanol–water partition coefficient (Wildman–Crippen LogP) is 3.72. The van der Waals surface area contributed by atoms with Crippen molar-refractivity contribution >= 4 is 38.8 Å². The van der Waals surface area contributed by atoms with Gasteiger partial charge in [0.2, 0.25) is 10.0 Å². The molecule has 1 aromatic carbocycles. The predicted molar refractivity (Wildman–Crippen MR) is 89.5 cm³/mol. The minimum Gasteiger partial charge on any atom is -0.236 e. The van der Waals surface area contributed by atoms with Crippen LogP contribution in [0.25, 0.3) is 5.57 Å². The molecule has 0 aliphatic carbocycles. The number of aromatic nitrogens is 1. The first-order chi connectivity index (χ1) is 10.3. The molecule has 0 bridgehead atoms. The quantitative estimate of drug-likeness (QED) is 0.767. The summed E-state index contributed by atoms with van der Waals surface area (Å²) < 4.78 is 26.2. The Hall–Kier alpha value is -1.40. The van der Waals surface area contributed by atoms with E-state index in [1.54, 1.807) is 18.2 Å². The number of likely N-dealkylation sites (N-methyl/N-ethyl adjacent to an activating group) is 1. The Kier molecular flexibility index (Phi) is 5.24. The summed E-state index contributed by atoms with van der Waals surface area (Å²) >= 11 is 11.6. The highest BCUT2D eigenvalue weighted by Gasteiger charge is 2.21. The van der Waals surface area contributed by atoms with Gasteiger partial charge in [0.05, 0.1) is 10.6 Å². The Morgan fingerprint density at radius 3 is 2.41 bits per heavy atom. The molecule has 0 fully saturated rings. The monoisotopic (exact) mass is 356 g/mol. The molecule has 1 heterocycles. The van der Waals surface area contributed by atoms with Gasteiger partial charge < -0.3 is 0 Å². The smallest absolute Gasteiger partial charge is 0.236 e. The maximum absolute atomic E-state index is 12.5. The lowest BCUT2D eigenvalue weighted by atomic mass is 10.2. The molecule has 0 saturated carbocycles. The Balaban J connectivity index is 2.19. The molecule has 116 valence electrons. The van der Waals surface area contributed by atoms with Gasteiger partial charge >= 0.3 is 0 Å². The number of halogens is 2. The van der Waals surface area contributed by atoms with Crippen molar-refractivity contribution in [3.63, 3.8) is 0 Å². The van der Waals surface area contributed by atoms with Gasteiger partial charge in [0.15, 0.2) is 0 Å². The van der Waals surface area contributed by atoms with Gasteiger partial charge in [-0.25, -0.2) is 13.4 Å². The average molecular weight is 357 g/mol. The molecule has 0 radical (unpaired) electrons. The SMILES string of the molecule is C=C(CN(C)S(=O)(=O)c1ccc(Cl)cc1)c1cccc(Cl)n1. The fourth-order valence-corrected chi connectivity index (χ4v) is 3.28. The molecule has 2 rings (SSSR count). The van der Waals surface area contributed by atoms with Gasteiger partial charge in [0.25, 0.3) is 0 Å². The number of pyridine rings is 1. The first-order valence-electron chi connectivity index (χ1n) is 6.33. The van der Waals surface area contributed by atoms with Crippen LogP contribution in [0.2, 0.25) is 10.2 Å². The Morgan fingerprint density at radius 2 is 1.82 bits per heavy atom. The number of rotatable bonds is 5. The zero-order valence-corrected chi connectivity index (χ0v) is 14.2. The van der Waals surface area contributed by atoms with E-state index in [-0.39, 0.29) is 11.4 Å². The van der Waals surface area contributed by atoms with E-state index in [9.17, 15) is 8.42 Å². The molecule has 0 atom stereocenters. The zero-order chi connectivity index (χ0) is 16.3. The van der Waals surface area contributed by atoms with E-state index in [2.05, 4.69) is 11.6 Å². The second-order valence-electron chi connectivity index (χ2n) is 4.66. The maximum Gasteiger partial charge on any atom is 0.243 e. The summed E-state index contributed by atoms with van der Waals surface area (Å²) in [5.41, 5.74) is 1.12. The van der Waals surface area contributed by atoms with Crippen molar-refractivity contribution in [3.8, 4) is 0 Å². The molecular formula is C15H14Cl2N2O2S. The first kappa shape index (κ1) is 17.0. The number of sulfonamides is 1. The highest BCUT2D eigenvalue weighted by Crippen LogP contribution is 2.20. The normalized spacial score (nSPS) is 11.6. The third kappa shape index (κ3) is 3.87. The third-order valence-corrected chi connectivity index (χ3v) is 5.29. The summed E-state index contributed by atoms with van der Waals surface area (Å²) in [4.78, 5) is 4.29. The number of benzene rings is 1. The fourth-order valence-electron chi connectivity index (χ4n) is 1.83. The molecule has 0 aliphatic heterocycles. The summed E-state index contributed by atoms with van der Waals surface area (Å²) in [6.07, 6.45) is 0. The number of hydrogen-bond acceptors (Lipinski definition) is 3. The Labute approximate surface area is 140 Å². The van der Waals surface area contributed by atoms with Crippen molar-refractivity contribution in [2.75, 3.05) is 13.6 Å². The van der Waals surface area contributed by atoms with Crippen LogP contribution in [0.1, 0.15) is 5.69 Å². The maximum atomic E-state index is 12.5. The van der Waals surface area contributed by atoms with Crippen molar-refractivity contribution < 1.29 is 8.42 Å². The van der Waals surface area contributed by atoms with Crippen LogP contribution in [-0.4, -0.2) is 31.3 Å². The topological polar surface area (TPSA) is 50.3 Å². The van der Waals surface area contributed by atoms with Crippen LogP contribution < -0.4 is 0 Å². The minimum absolute atomic E-state index is 0.109. The van der Waals surface area contributed by atoms with Gasteiger partial charge in [-0.1, -0.05) is 35.8 Å². The van der Waals surface area contributed by atoms with Crippen molar-refractivity contribution in [3.05, 3.63) is 64.9 Å². The second kappa shape index (κ2) is 6.79. The average Bonchev–Trinajstić information content (AvgIpc) is 2.47. The Bertz CT molecular complexity index is 789. The van der Waals surface area contributed by atoms with Gasteiger partial charge in [0.1, 0.15) is 5.15 Å². The second-order valence-corrected chi connectivity index (χ2v) is 7.53. The molecule has 1 aromatic heterocycles. The van der Waals surface area contributed by atoms with E-state index in [1.165, 1.54) is 35.6 Å². The van der Waals surface area contributed by atoms with Gasteiger partial charge in [-0.15, -0.1) is 0 Å². The van der Waals surface area contributed by atoms with Gasteiger partial charge in [-0.05, 0) is 42.0 Å². The lowest BCUT2D eigenvalue weighted by Crippen LogP contribution is -2.28. The van der Waals surface area contributed by atoms with Gasteiger partial charge in [0, 0.05) is 18.6 Å². The lowest BCUT2D eigenvalue weighted by molar-refractivity contribution is 0.502. The van der Waals surface area contributed by atoms with E-state index < -0.39 is 10.0 Å². The summed E-state index contributed by atoms with van der Waals surface area (Å²) in [7, 11) is -2.13. The lowest BCUT2D eigenvalue weighted by Gasteiger charge is -2.18. The zero-order valence-electron chi connectivity index (χ0n) is 11.8. The summed E-state index contributed by atoms with van der Waals surface area (Å²) in [5, 5.41) is 0.816. The molecule has 0 N–H and O–H groups in total. The van der Waals surface area contributed by atoms with Crippen LogP contribution in [0.15, 0.2) is 53.9 Å². The standard InChI is InChI=1S/C15H14Cl2N2O2S/c1-11(14-4-3-5-15(17)18-14)10-19(2)22(20,21)13-8-6-12(16)7-9-13/h3-9H,1,10H2,2H3. The van der Waals surface area contributed by atoms with Crippen LogP contribution in [0.4, 0.5) is 0 Å². The molecule has 7 heteroatoms. The molecular weight excluding hydrogens is 343 g/mol. The van der Waals surface area contributed by atoms with Crippen LogP contribution in [0.5, 0.6) is 0 Å². The molecule has 2 aromatic rings. The highest BCUT2D eigenvalue weighted by atomic mass is 35.5. The van der Waals surface area contributed by atoms with E-state index in [4.69, 9.17) is 23.2 Å². The van der Waals surface area contributed by atoms with Crippen LogP contribution in [-0.2, 0) is 10.0 Å². The van der Waals surface area contributed by atoms with Gasteiger partial charge in [-0.3, -0.25) is 0 Å². The van der Waals surface area contributed by atoms with Gasteiger partial charge in [-0.2, -0.15) is 4.31 Å². The number of nitrogens with zero attached hydrogens (tertiary/aromatic N) is 2. The molecule has 0 saturated heterocycles. The Morgan fingerprint density at radius 1 is 1.18 bits per heavy atom. The molecule has 0 aliphatic rings. The largest absolute Gasteiger partial charge is 0.243 e. The van der Waals surface area contributed by atoms with E-state index in [0.29, 0.717) is 21.4 Å². The van der Waals surface area contributed by atoms with Crippen molar-refractivity contribution in [1.29, 1.82) is 0 Å². The fraction of sp³-hybridized carbons (Fsp3) is 0.133.